The summed E-state index contributed by atoms with van der Waals surface area (Å²) in [5.74, 6) is -0.333. The summed E-state index contributed by atoms with van der Waals surface area (Å²) in [7, 11) is 4.89. The number of ether oxygens (including phenoxy) is 1. The van der Waals surface area contributed by atoms with Crippen LogP contribution in [-0.2, 0) is 14.3 Å². The fourth-order valence-corrected chi connectivity index (χ4v) is 1.52. The van der Waals surface area contributed by atoms with Crippen LogP contribution >= 0.6 is 0 Å². The molecule has 0 bridgehead atoms. The van der Waals surface area contributed by atoms with E-state index in [0.29, 0.717) is 13.2 Å². The van der Waals surface area contributed by atoms with Crippen LogP contribution in [0, 0.1) is 11.3 Å². The molecule has 0 aliphatic carbocycles. The molecule has 0 aromatic carbocycles. The first-order valence-corrected chi connectivity index (χ1v) is 6.86. The normalized spacial score (nSPS) is 11.1. The molecule has 0 atom stereocenters. The summed E-state index contributed by atoms with van der Waals surface area (Å²) in [6.07, 6.45) is 0.754. The molecule has 0 aliphatic rings. The van der Waals surface area contributed by atoms with Gasteiger partial charge in [-0.2, -0.15) is 5.26 Å². The van der Waals surface area contributed by atoms with Crippen LogP contribution < -0.4 is 5.32 Å². The molecule has 7 heteroatoms. The molecule has 0 saturated heterocycles. The molecular formula is C14H26N4O3. The largest absolute Gasteiger partial charge is 0.385 e. The summed E-state index contributed by atoms with van der Waals surface area (Å²) >= 11 is 0. The van der Waals surface area contributed by atoms with E-state index in [2.05, 4.69) is 11.4 Å². The molecular weight excluding hydrogens is 272 g/mol. The number of carbonyl (C=O) groups is 2. The van der Waals surface area contributed by atoms with Crippen molar-refractivity contribution in [2.24, 2.45) is 0 Å². The third-order valence-electron chi connectivity index (χ3n) is 3.15. The molecule has 0 rings (SSSR count). The Hall–Kier alpha value is -1.65. The van der Waals surface area contributed by atoms with E-state index in [-0.39, 0.29) is 24.9 Å². The number of nitriles is 1. The number of rotatable bonds is 9. The van der Waals surface area contributed by atoms with Crippen molar-refractivity contribution in [2.75, 3.05) is 47.4 Å². The summed E-state index contributed by atoms with van der Waals surface area (Å²) in [5, 5.41) is 11.8. The van der Waals surface area contributed by atoms with Gasteiger partial charge >= 0.3 is 0 Å². The zero-order valence-electron chi connectivity index (χ0n) is 13.6. The monoisotopic (exact) mass is 298 g/mol. The fraction of sp³-hybridized carbons (Fsp3) is 0.786. The lowest BCUT2D eigenvalue weighted by Crippen LogP contribution is -2.48. The van der Waals surface area contributed by atoms with Gasteiger partial charge in [0.1, 0.15) is 5.54 Å². The molecule has 0 aromatic rings. The molecule has 0 aromatic heterocycles. The minimum atomic E-state index is -0.861. The minimum Gasteiger partial charge on any atom is -0.385 e. The molecule has 0 spiro atoms. The summed E-state index contributed by atoms with van der Waals surface area (Å²) in [6, 6.07) is 2.07. The van der Waals surface area contributed by atoms with Gasteiger partial charge in [0.15, 0.2) is 0 Å². The summed E-state index contributed by atoms with van der Waals surface area (Å²) in [4.78, 5) is 26.7. The Morgan fingerprint density at radius 3 is 2.43 bits per heavy atom. The van der Waals surface area contributed by atoms with Crippen LogP contribution in [0.15, 0.2) is 0 Å². The van der Waals surface area contributed by atoms with Crippen molar-refractivity contribution >= 4 is 11.8 Å². The van der Waals surface area contributed by atoms with Gasteiger partial charge in [0.2, 0.25) is 11.8 Å². The van der Waals surface area contributed by atoms with E-state index in [1.54, 1.807) is 40.0 Å². The molecule has 0 saturated carbocycles. The second kappa shape index (κ2) is 9.32. The molecule has 1 N–H and O–H groups in total. The molecule has 0 heterocycles. The van der Waals surface area contributed by atoms with E-state index >= 15 is 0 Å². The predicted molar refractivity (Wildman–Crippen MR) is 79.5 cm³/mol. The Kier molecular flexibility index (Phi) is 8.58. The van der Waals surface area contributed by atoms with Crippen LogP contribution in [-0.4, -0.2) is 74.6 Å². The lowest BCUT2D eigenvalue weighted by Gasteiger charge is -2.30. The number of methoxy groups -OCH3 is 1. The third-order valence-corrected chi connectivity index (χ3v) is 3.15. The molecule has 7 nitrogen and oxygen atoms in total. The smallest absolute Gasteiger partial charge is 0.237 e. The van der Waals surface area contributed by atoms with E-state index in [1.165, 1.54) is 4.90 Å². The zero-order chi connectivity index (χ0) is 16.5. The van der Waals surface area contributed by atoms with Crippen LogP contribution in [0.1, 0.15) is 20.3 Å². The van der Waals surface area contributed by atoms with Gasteiger partial charge in [-0.3, -0.25) is 14.5 Å². The SMILES string of the molecule is COCCCNC(=O)CN(C)CC(=O)N(C)C(C)(C)C#N. The van der Waals surface area contributed by atoms with E-state index in [9.17, 15) is 9.59 Å². The second-order valence-corrected chi connectivity index (χ2v) is 5.49. The van der Waals surface area contributed by atoms with Gasteiger partial charge < -0.3 is 15.0 Å². The highest BCUT2D eigenvalue weighted by molar-refractivity contribution is 5.81. The summed E-state index contributed by atoms with van der Waals surface area (Å²) < 4.78 is 4.89. The molecule has 0 unspecified atom stereocenters. The third kappa shape index (κ3) is 7.63. The van der Waals surface area contributed by atoms with E-state index in [4.69, 9.17) is 10.00 Å². The molecule has 120 valence electrons. The van der Waals surface area contributed by atoms with E-state index < -0.39 is 5.54 Å². The topological polar surface area (TPSA) is 85.7 Å². The van der Waals surface area contributed by atoms with Gasteiger partial charge in [-0.25, -0.2) is 0 Å². The van der Waals surface area contributed by atoms with Crippen molar-refractivity contribution in [3.8, 4) is 6.07 Å². The van der Waals surface area contributed by atoms with E-state index in [1.807, 2.05) is 0 Å². The summed E-state index contributed by atoms with van der Waals surface area (Å²) in [6.45, 7) is 4.73. The molecule has 21 heavy (non-hydrogen) atoms. The molecule has 0 radical (unpaired) electrons. The van der Waals surface area contributed by atoms with Crippen LogP contribution in [0.2, 0.25) is 0 Å². The Bertz CT molecular complexity index is 390. The van der Waals surface area contributed by atoms with E-state index in [0.717, 1.165) is 6.42 Å². The quantitative estimate of drug-likeness (QED) is 0.597. The van der Waals surface area contributed by atoms with Gasteiger partial charge in [0, 0.05) is 27.3 Å². The van der Waals surface area contributed by atoms with Gasteiger partial charge in [0.25, 0.3) is 0 Å². The van der Waals surface area contributed by atoms with Crippen molar-refractivity contribution in [3.63, 3.8) is 0 Å². The van der Waals surface area contributed by atoms with Crippen molar-refractivity contribution < 1.29 is 14.3 Å². The molecule has 0 fully saturated rings. The average molecular weight is 298 g/mol. The maximum Gasteiger partial charge on any atom is 0.237 e. The highest BCUT2D eigenvalue weighted by Crippen LogP contribution is 2.10. The van der Waals surface area contributed by atoms with Crippen LogP contribution in [0.3, 0.4) is 0 Å². The zero-order valence-corrected chi connectivity index (χ0v) is 13.6. The Morgan fingerprint density at radius 2 is 1.90 bits per heavy atom. The molecule has 0 aliphatic heterocycles. The maximum atomic E-state index is 12.0. The summed E-state index contributed by atoms with van der Waals surface area (Å²) in [5.41, 5.74) is -0.861. The van der Waals surface area contributed by atoms with Gasteiger partial charge in [0.05, 0.1) is 19.2 Å². The maximum absolute atomic E-state index is 12.0. The Labute approximate surface area is 126 Å². The number of hydrogen-bond acceptors (Lipinski definition) is 5. The first kappa shape index (κ1) is 19.4. The fourth-order valence-electron chi connectivity index (χ4n) is 1.52. The highest BCUT2D eigenvalue weighted by atomic mass is 16.5. The number of likely N-dealkylation sites (N-methyl/N-ethyl adjacent to an activating group) is 2. The second-order valence-electron chi connectivity index (χ2n) is 5.49. The average Bonchev–Trinajstić information content (AvgIpc) is 2.42. The van der Waals surface area contributed by atoms with Crippen molar-refractivity contribution in [1.82, 2.24) is 15.1 Å². The standard InChI is InChI=1S/C14H26N4O3/c1-14(2,11-15)18(4)13(20)10-17(3)9-12(19)16-7-6-8-21-5/h6-10H2,1-5H3,(H,16,19). The Morgan fingerprint density at radius 1 is 1.29 bits per heavy atom. The van der Waals surface area contributed by atoms with Crippen molar-refractivity contribution in [3.05, 3.63) is 0 Å². The van der Waals surface area contributed by atoms with Crippen molar-refractivity contribution in [2.45, 2.75) is 25.8 Å². The minimum absolute atomic E-state index is 0.0904. The van der Waals surface area contributed by atoms with Gasteiger partial charge in [-0.05, 0) is 27.3 Å². The van der Waals surface area contributed by atoms with Crippen LogP contribution in [0.25, 0.3) is 0 Å². The number of amides is 2. The number of hydrogen-bond donors (Lipinski definition) is 1. The Balaban J connectivity index is 4.14. The number of nitrogens with zero attached hydrogens (tertiary/aromatic N) is 3. The van der Waals surface area contributed by atoms with Crippen LogP contribution in [0.5, 0.6) is 0 Å². The highest BCUT2D eigenvalue weighted by Gasteiger charge is 2.27. The first-order valence-electron chi connectivity index (χ1n) is 6.86. The first-order chi connectivity index (χ1) is 9.74. The van der Waals surface area contributed by atoms with Crippen LogP contribution in [0.4, 0.5) is 0 Å². The lowest BCUT2D eigenvalue weighted by atomic mass is 10.1. The van der Waals surface area contributed by atoms with Gasteiger partial charge in [-0.15, -0.1) is 0 Å². The molecule has 2 amide bonds. The number of nitrogens with one attached hydrogen (secondary N) is 1. The number of carbonyl (C=O) groups excluding carboxylic acids is 2. The van der Waals surface area contributed by atoms with Gasteiger partial charge in [-0.1, -0.05) is 0 Å². The van der Waals surface area contributed by atoms with Crippen molar-refractivity contribution in [1.29, 1.82) is 5.26 Å². The lowest BCUT2D eigenvalue weighted by molar-refractivity contribution is -0.134. The predicted octanol–water partition coefficient (Wildman–Crippen LogP) is -0.169.